The van der Waals surface area contributed by atoms with Crippen LogP contribution in [-0.2, 0) is 9.59 Å². The van der Waals surface area contributed by atoms with Crippen molar-refractivity contribution in [2.75, 3.05) is 18.9 Å². The van der Waals surface area contributed by atoms with Crippen molar-refractivity contribution in [2.45, 2.75) is 24.0 Å². The number of rotatable bonds is 6. The number of halogens is 1. The molecule has 1 atom stereocenters. The Bertz CT molecular complexity index is 749. The van der Waals surface area contributed by atoms with E-state index < -0.39 is 0 Å². The second-order valence-corrected chi connectivity index (χ2v) is 7.59. The van der Waals surface area contributed by atoms with Crippen LogP contribution in [0.1, 0.15) is 12.5 Å². The molecule has 2 aromatic rings. The van der Waals surface area contributed by atoms with E-state index in [1.807, 2.05) is 56.3 Å². The fraction of sp³-hybridized carbons (Fsp3) is 0.263. The maximum Gasteiger partial charge on any atom is 0.243 e. The molecule has 0 saturated heterocycles. The van der Waals surface area contributed by atoms with Crippen molar-refractivity contribution >= 4 is 40.9 Å². The van der Waals surface area contributed by atoms with E-state index in [1.54, 1.807) is 13.1 Å². The molecule has 2 rings (SSSR count). The first-order valence-electron chi connectivity index (χ1n) is 7.89. The second-order valence-electron chi connectivity index (χ2n) is 5.80. The normalized spacial score (nSPS) is 11.7. The van der Waals surface area contributed by atoms with E-state index in [4.69, 9.17) is 11.6 Å². The molecular formula is C19H21ClN2O2S. The van der Waals surface area contributed by atoms with Gasteiger partial charge in [-0.3, -0.25) is 9.59 Å². The zero-order chi connectivity index (χ0) is 18.4. The van der Waals surface area contributed by atoms with Gasteiger partial charge in [-0.2, -0.15) is 0 Å². The molecule has 0 aliphatic rings. The molecule has 25 heavy (non-hydrogen) atoms. The van der Waals surface area contributed by atoms with Crippen molar-refractivity contribution in [3.63, 3.8) is 0 Å². The van der Waals surface area contributed by atoms with E-state index in [1.165, 1.54) is 16.7 Å². The van der Waals surface area contributed by atoms with Crippen LogP contribution in [0.5, 0.6) is 0 Å². The molecule has 4 nitrogen and oxygen atoms in total. The highest BCUT2D eigenvalue weighted by atomic mass is 35.5. The molecule has 0 fully saturated rings. The number of nitrogens with zero attached hydrogens (tertiary/aromatic N) is 1. The monoisotopic (exact) mass is 376 g/mol. The van der Waals surface area contributed by atoms with Gasteiger partial charge in [-0.05, 0) is 38.1 Å². The van der Waals surface area contributed by atoms with Gasteiger partial charge in [0.05, 0.1) is 16.8 Å². The summed E-state index contributed by atoms with van der Waals surface area (Å²) in [5.41, 5.74) is 1.84. The summed E-state index contributed by atoms with van der Waals surface area (Å²) in [6.45, 7) is 3.79. The molecule has 6 heteroatoms. The predicted molar refractivity (Wildman–Crippen MR) is 104 cm³/mol. The zero-order valence-electron chi connectivity index (χ0n) is 14.5. The van der Waals surface area contributed by atoms with Crippen molar-refractivity contribution < 1.29 is 9.59 Å². The lowest BCUT2D eigenvalue weighted by atomic mass is 10.2. The van der Waals surface area contributed by atoms with Crippen LogP contribution >= 0.6 is 23.4 Å². The molecule has 0 spiro atoms. The van der Waals surface area contributed by atoms with E-state index in [0.29, 0.717) is 5.02 Å². The topological polar surface area (TPSA) is 49.4 Å². The minimum absolute atomic E-state index is 0.000131. The van der Waals surface area contributed by atoms with Gasteiger partial charge in [0, 0.05) is 17.6 Å². The van der Waals surface area contributed by atoms with Crippen molar-refractivity contribution in [2.24, 2.45) is 0 Å². The highest BCUT2D eigenvalue weighted by Crippen LogP contribution is 2.30. The molecule has 1 N–H and O–H groups in total. The number of aryl methyl sites for hydroxylation is 1. The van der Waals surface area contributed by atoms with E-state index >= 15 is 0 Å². The summed E-state index contributed by atoms with van der Waals surface area (Å²) in [4.78, 5) is 26.9. The van der Waals surface area contributed by atoms with Crippen molar-refractivity contribution in [1.82, 2.24) is 4.90 Å². The fourth-order valence-electron chi connectivity index (χ4n) is 2.22. The minimum Gasteiger partial charge on any atom is -0.335 e. The van der Waals surface area contributed by atoms with Crippen LogP contribution < -0.4 is 5.32 Å². The lowest BCUT2D eigenvalue weighted by molar-refractivity contribution is -0.132. The van der Waals surface area contributed by atoms with Crippen LogP contribution in [-0.4, -0.2) is 35.6 Å². The van der Waals surface area contributed by atoms with Crippen LogP contribution in [0.4, 0.5) is 5.69 Å². The first kappa shape index (κ1) is 19.3. The predicted octanol–water partition coefficient (Wildman–Crippen LogP) is 4.23. The molecule has 0 unspecified atom stereocenters. The summed E-state index contributed by atoms with van der Waals surface area (Å²) < 4.78 is 0. The molecule has 0 radical (unpaired) electrons. The first-order chi connectivity index (χ1) is 11.9. The molecule has 132 valence electrons. The van der Waals surface area contributed by atoms with Gasteiger partial charge in [-0.1, -0.05) is 41.4 Å². The quantitative estimate of drug-likeness (QED) is 0.767. The maximum absolute atomic E-state index is 12.5. The van der Waals surface area contributed by atoms with Crippen LogP contribution in [0.2, 0.25) is 5.02 Å². The standard InChI is InChI=1S/C19H21ClN2O2S/c1-13-8-10-15(11-9-13)21-18(23)12-22(3)19(24)14(2)25-17-7-5-4-6-16(17)20/h4-11,14H,12H2,1-3H3,(H,21,23)/t14-/m1/s1. The molecule has 0 bridgehead atoms. The molecule has 0 aliphatic heterocycles. The van der Waals surface area contributed by atoms with Crippen molar-refractivity contribution in [3.8, 4) is 0 Å². The van der Waals surface area contributed by atoms with Crippen LogP contribution in [0, 0.1) is 6.92 Å². The summed E-state index contributed by atoms with van der Waals surface area (Å²) in [7, 11) is 1.63. The Balaban J connectivity index is 1.89. The number of thioether (sulfide) groups is 1. The third kappa shape index (κ3) is 5.80. The smallest absolute Gasteiger partial charge is 0.243 e. The van der Waals surface area contributed by atoms with Gasteiger partial charge in [0.2, 0.25) is 11.8 Å². The first-order valence-corrected chi connectivity index (χ1v) is 9.15. The maximum atomic E-state index is 12.5. The molecule has 0 aromatic heterocycles. The summed E-state index contributed by atoms with van der Waals surface area (Å²) in [5, 5.41) is 3.07. The summed E-state index contributed by atoms with van der Waals surface area (Å²) in [6, 6.07) is 14.9. The molecule has 0 heterocycles. The van der Waals surface area contributed by atoms with E-state index in [-0.39, 0.29) is 23.6 Å². The average Bonchev–Trinajstić information content (AvgIpc) is 2.58. The average molecular weight is 377 g/mol. The zero-order valence-corrected chi connectivity index (χ0v) is 16.0. The molecule has 0 aliphatic carbocycles. The number of carbonyl (C=O) groups excluding carboxylic acids is 2. The van der Waals surface area contributed by atoms with Gasteiger partial charge in [0.25, 0.3) is 0 Å². The highest BCUT2D eigenvalue weighted by Gasteiger charge is 2.21. The van der Waals surface area contributed by atoms with Gasteiger partial charge in [0.15, 0.2) is 0 Å². The number of anilines is 1. The minimum atomic E-state index is -0.336. The number of benzene rings is 2. The van der Waals surface area contributed by atoms with Gasteiger partial charge < -0.3 is 10.2 Å². The number of hydrogen-bond acceptors (Lipinski definition) is 3. The second kappa shape index (κ2) is 8.92. The van der Waals surface area contributed by atoms with Crippen molar-refractivity contribution in [3.05, 3.63) is 59.1 Å². The van der Waals surface area contributed by atoms with Crippen molar-refractivity contribution in [1.29, 1.82) is 0 Å². The lowest BCUT2D eigenvalue weighted by Gasteiger charge is -2.21. The fourth-order valence-corrected chi connectivity index (χ4v) is 3.49. The largest absolute Gasteiger partial charge is 0.335 e. The van der Waals surface area contributed by atoms with E-state index in [9.17, 15) is 9.59 Å². The Morgan fingerprint density at radius 2 is 1.80 bits per heavy atom. The van der Waals surface area contributed by atoms with Gasteiger partial charge in [0.1, 0.15) is 0 Å². The molecular weight excluding hydrogens is 356 g/mol. The third-order valence-electron chi connectivity index (χ3n) is 3.58. The molecule has 0 saturated carbocycles. The Morgan fingerprint density at radius 3 is 2.44 bits per heavy atom. The number of carbonyl (C=O) groups is 2. The SMILES string of the molecule is Cc1ccc(NC(=O)CN(C)C(=O)[C@@H](C)Sc2ccccc2Cl)cc1. The van der Waals surface area contributed by atoms with E-state index in [2.05, 4.69) is 5.32 Å². The third-order valence-corrected chi connectivity index (χ3v) is 5.19. The number of likely N-dealkylation sites (N-methyl/N-ethyl adjacent to an activating group) is 1. The highest BCUT2D eigenvalue weighted by molar-refractivity contribution is 8.00. The number of nitrogens with one attached hydrogen (secondary N) is 1. The lowest BCUT2D eigenvalue weighted by Crippen LogP contribution is -2.38. The number of amides is 2. The van der Waals surface area contributed by atoms with Crippen LogP contribution in [0.3, 0.4) is 0 Å². The van der Waals surface area contributed by atoms with Crippen LogP contribution in [0.15, 0.2) is 53.4 Å². The Labute approximate surface area is 157 Å². The van der Waals surface area contributed by atoms with Gasteiger partial charge >= 0.3 is 0 Å². The Hall–Kier alpha value is -1.98. The number of hydrogen-bond donors (Lipinski definition) is 1. The molecule has 2 aromatic carbocycles. The van der Waals surface area contributed by atoms with Gasteiger partial charge in [-0.25, -0.2) is 0 Å². The Kier molecular flexibility index (Phi) is 6.91. The summed E-state index contributed by atoms with van der Waals surface area (Å²) in [6.07, 6.45) is 0. The summed E-state index contributed by atoms with van der Waals surface area (Å²) >= 11 is 7.51. The Morgan fingerprint density at radius 1 is 1.16 bits per heavy atom. The molecule has 2 amide bonds. The van der Waals surface area contributed by atoms with Crippen LogP contribution in [0.25, 0.3) is 0 Å². The van der Waals surface area contributed by atoms with Gasteiger partial charge in [-0.15, -0.1) is 11.8 Å². The summed E-state index contributed by atoms with van der Waals surface area (Å²) in [5.74, 6) is -0.348. The van der Waals surface area contributed by atoms with E-state index in [0.717, 1.165) is 16.1 Å².